The fourth-order valence-corrected chi connectivity index (χ4v) is 2.41. The lowest BCUT2D eigenvalue weighted by molar-refractivity contribution is 0.569. The molecular formula is C17H12O. The molecule has 1 nitrogen and oxygen atoms in total. The topological polar surface area (TPSA) is 17.1 Å². The van der Waals surface area contributed by atoms with Crippen molar-refractivity contribution < 1.29 is 4.79 Å². The van der Waals surface area contributed by atoms with E-state index >= 15 is 0 Å². The molecule has 2 aromatic carbocycles. The number of hydrogen-bond donors (Lipinski definition) is 0. The zero-order valence-electron chi connectivity index (χ0n) is 9.84. The molecule has 1 atom stereocenters. The van der Waals surface area contributed by atoms with Crippen molar-refractivity contribution in [3.63, 3.8) is 0 Å². The van der Waals surface area contributed by atoms with E-state index in [-0.39, 0.29) is 5.92 Å². The first-order valence-corrected chi connectivity index (χ1v) is 5.97. The Bertz CT molecular complexity index is 646. The number of fused-ring (bicyclic) bond motifs is 1. The summed E-state index contributed by atoms with van der Waals surface area (Å²) in [7, 11) is 0. The molecule has 0 spiro atoms. The van der Waals surface area contributed by atoms with Crippen LogP contribution in [-0.2, 0) is 4.79 Å². The maximum atomic E-state index is 11.3. The third kappa shape index (κ3) is 1.71. The summed E-state index contributed by atoms with van der Waals surface area (Å²) in [6, 6.07) is 18.0. The van der Waals surface area contributed by atoms with Crippen molar-refractivity contribution >= 4 is 17.6 Å². The molecule has 0 amide bonds. The Morgan fingerprint density at radius 2 is 1.61 bits per heavy atom. The average Bonchev–Trinajstić information content (AvgIpc) is 2.47. The molecular weight excluding hydrogens is 220 g/mol. The van der Waals surface area contributed by atoms with Crippen LogP contribution in [0.3, 0.4) is 0 Å². The Morgan fingerprint density at radius 3 is 2.39 bits per heavy atom. The standard InChI is InChI=1S/C17H12O/c18-12-17-15-9-5-4-8-14(15)10-11-16(17)13-6-2-1-3-7-13/h1-11,16H/t16-/m1/s1. The van der Waals surface area contributed by atoms with E-state index in [2.05, 4.69) is 18.1 Å². The minimum atomic E-state index is 0.0126. The molecule has 86 valence electrons. The molecule has 0 saturated heterocycles. The highest BCUT2D eigenvalue weighted by Crippen LogP contribution is 2.37. The summed E-state index contributed by atoms with van der Waals surface area (Å²) in [5.41, 5.74) is 3.92. The van der Waals surface area contributed by atoms with Crippen molar-refractivity contribution in [2.75, 3.05) is 0 Å². The molecule has 0 bridgehead atoms. The highest BCUT2D eigenvalue weighted by molar-refractivity contribution is 5.97. The van der Waals surface area contributed by atoms with E-state index in [0.29, 0.717) is 0 Å². The maximum Gasteiger partial charge on any atom is 0.129 e. The van der Waals surface area contributed by atoms with Crippen LogP contribution in [0, 0.1) is 0 Å². The zero-order valence-corrected chi connectivity index (χ0v) is 9.84. The normalized spacial score (nSPS) is 17.1. The van der Waals surface area contributed by atoms with Crippen molar-refractivity contribution in [1.29, 1.82) is 0 Å². The van der Waals surface area contributed by atoms with E-state index in [1.807, 2.05) is 54.6 Å². The van der Waals surface area contributed by atoms with Gasteiger partial charge in [-0.3, -0.25) is 0 Å². The van der Waals surface area contributed by atoms with Crippen LogP contribution in [0.1, 0.15) is 22.6 Å². The molecule has 0 N–H and O–H groups in total. The summed E-state index contributed by atoms with van der Waals surface area (Å²) >= 11 is 0. The molecule has 1 aliphatic rings. The van der Waals surface area contributed by atoms with Crippen molar-refractivity contribution in [3.05, 3.63) is 77.4 Å². The van der Waals surface area contributed by atoms with Gasteiger partial charge in [0.05, 0.1) is 5.57 Å². The van der Waals surface area contributed by atoms with Crippen molar-refractivity contribution in [1.82, 2.24) is 0 Å². The van der Waals surface area contributed by atoms with Gasteiger partial charge in [0.25, 0.3) is 0 Å². The van der Waals surface area contributed by atoms with Crippen LogP contribution < -0.4 is 0 Å². The second kappa shape index (κ2) is 4.48. The molecule has 1 heteroatoms. The van der Waals surface area contributed by atoms with Gasteiger partial charge >= 0.3 is 0 Å². The van der Waals surface area contributed by atoms with Gasteiger partial charge in [-0.25, -0.2) is 4.79 Å². The molecule has 0 saturated carbocycles. The van der Waals surface area contributed by atoms with Crippen LogP contribution in [-0.4, -0.2) is 5.94 Å². The smallest absolute Gasteiger partial charge is 0.129 e. The Hall–Kier alpha value is -2.37. The van der Waals surface area contributed by atoms with Gasteiger partial charge in [-0.2, -0.15) is 0 Å². The van der Waals surface area contributed by atoms with Gasteiger partial charge < -0.3 is 0 Å². The molecule has 2 aromatic rings. The number of rotatable bonds is 1. The highest BCUT2D eigenvalue weighted by atomic mass is 16.1. The number of hydrogen-bond acceptors (Lipinski definition) is 1. The monoisotopic (exact) mass is 232 g/mol. The molecule has 3 rings (SSSR count). The lowest BCUT2D eigenvalue weighted by Crippen LogP contribution is -2.05. The van der Waals surface area contributed by atoms with Crippen LogP contribution in [0.15, 0.2) is 60.7 Å². The summed E-state index contributed by atoms with van der Waals surface area (Å²) in [5, 5.41) is 0. The number of allylic oxidation sites excluding steroid dienone is 2. The van der Waals surface area contributed by atoms with E-state index < -0.39 is 0 Å². The average molecular weight is 232 g/mol. The molecule has 0 aliphatic heterocycles. The van der Waals surface area contributed by atoms with Gasteiger partial charge in [0.2, 0.25) is 0 Å². The van der Waals surface area contributed by atoms with E-state index in [1.54, 1.807) is 0 Å². The van der Waals surface area contributed by atoms with Crippen molar-refractivity contribution in [2.24, 2.45) is 0 Å². The number of benzene rings is 2. The molecule has 0 aromatic heterocycles. The van der Waals surface area contributed by atoms with Gasteiger partial charge in [-0.15, -0.1) is 0 Å². The minimum absolute atomic E-state index is 0.0126. The predicted octanol–water partition coefficient (Wildman–Crippen LogP) is 3.71. The molecule has 0 heterocycles. The second-order valence-electron chi connectivity index (χ2n) is 4.35. The minimum Gasteiger partial charge on any atom is -0.233 e. The van der Waals surface area contributed by atoms with Gasteiger partial charge in [-0.05, 0) is 16.7 Å². The molecule has 1 aliphatic carbocycles. The second-order valence-corrected chi connectivity index (χ2v) is 4.35. The summed E-state index contributed by atoms with van der Waals surface area (Å²) in [6.45, 7) is 0. The molecule has 0 fully saturated rings. The van der Waals surface area contributed by atoms with Crippen LogP contribution in [0.25, 0.3) is 11.6 Å². The fourth-order valence-electron chi connectivity index (χ4n) is 2.41. The number of carbonyl (C=O) groups excluding carboxylic acids is 1. The van der Waals surface area contributed by atoms with Crippen molar-refractivity contribution in [3.8, 4) is 0 Å². The first-order chi connectivity index (χ1) is 8.90. The van der Waals surface area contributed by atoms with Crippen LogP contribution in [0.5, 0.6) is 0 Å². The van der Waals surface area contributed by atoms with Gasteiger partial charge in [0, 0.05) is 5.92 Å². The molecule has 0 radical (unpaired) electrons. The lowest BCUT2D eigenvalue weighted by Gasteiger charge is -2.20. The first-order valence-electron chi connectivity index (χ1n) is 5.97. The zero-order chi connectivity index (χ0) is 12.4. The summed E-state index contributed by atoms with van der Waals surface area (Å²) in [5.74, 6) is 2.14. The molecule has 18 heavy (non-hydrogen) atoms. The third-order valence-electron chi connectivity index (χ3n) is 3.30. The van der Waals surface area contributed by atoms with Crippen LogP contribution in [0.4, 0.5) is 0 Å². The summed E-state index contributed by atoms with van der Waals surface area (Å²) in [4.78, 5) is 11.3. The van der Waals surface area contributed by atoms with Gasteiger partial charge in [-0.1, -0.05) is 66.7 Å². The Morgan fingerprint density at radius 1 is 0.889 bits per heavy atom. The fraction of sp³-hybridized carbons (Fsp3) is 0.0588. The van der Waals surface area contributed by atoms with E-state index in [0.717, 1.165) is 22.3 Å². The Balaban J connectivity index is 2.14. The Labute approximate surface area is 106 Å². The summed E-state index contributed by atoms with van der Waals surface area (Å²) in [6.07, 6.45) is 4.14. The van der Waals surface area contributed by atoms with Crippen LogP contribution >= 0.6 is 0 Å². The summed E-state index contributed by atoms with van der Waals surface area (Å²) < 4.78 is 0. The van der Waals surface area contributed by atoms with Gasteiger partial charge in [0.15, 0.2) is 0 Å². The molecule has 0 unspecified atom stereocenters. The predicted molar refractivity (Wildman–Crippen MR) is 73.8 cm³/mol. The highest BCUT2D eigenvalue weighted by Gasteiger charge is 2.21. The van der Waals surface area contributed by atoms with Gasteiger partial charge in [0.1, 0.15) is 5.94 Å². The van der Waals surface area contributed by atoms with Crippen LogP contribution in [0.2, 0.25) is 0 Å². The quantitative estimate of drug-likeness (QED) is 0.685. The third-order valence-corrected chi connectivity index (χ3v) is 3.30. The van der Waals surface area contributed by atoms with E-state index in [4.69, 9.17) is 0 Å². The largest absolute Gasteiger partial charge is 0.233 e. The van der Waals surface area contributed by atoms with E-state index in [1.165, 1.54) is 0 Å². The Kier molecular flexibility index (Phi) is 2.68. The SMILES string of the molecule is O=C=C1c2ccccc2C=C[C@@H]1c1ccccc1. The maximum absolute atomic E-state index is 11.3. The lowest BCUT2D eigenvalue weighted by atomic mass is 9.81. The van der Waals surface area contributed by atoms with Crippen molar-refractivity contribution in [2.45, 2.75) is 5.92 Å². The first kappa shape index (κ1) is 10.8. The van der Waals surface area contributed by atoms with E-state index in [9.17, 15) is 4.79 Å².